The monoisotopic (exact) mass is 252 g/mol. The van der Waals surface area contributed by atoms with Crippen LogP contribution in [-0.4, -0.2) is 11.1 Å². The molecule has 2 nitrogen and oxygen atoms in total. The van der Waals surface area contributed by atoms with Gasteiger partial charge in [0.2, 0.25) is 0 Å². The number of hydrogen-bond acceptors (Lipinski definition) is 2. The highest BCUT2D eigenvalue weighted by Crippen LogP contribution is 2.31. The van der Waals surface area contributed by atoms with Crippen LogP contribution in [0.4, 0.5) is 4.39 Å². The SMILES string of the molecule is CC(C)(Cc1cc2cc(F)ccc2s1)C(=O)O. The summed E-state index contributed by atoms with van der Waals surface area (Å²) in [5.41, 5.74) is -0.792. The van der Waals surface area contributed by atoms with E-state index >= 15 is 0 Å². The minimum absolute atomic E-state index is 0.264. The predicted molar refractivity (Wildman–Crippen MR) is 66.9 cm³/mol. The van der Waals surface area contributed by atoms with Crippen LogP contribution in [-0.2, 0) is 11.2 Å². The van der Waals surface area contributed by atoms with E-state index in [0.29, 0.717) is 6.42 Å². The van der Waals surface area contributed by atoms with Crippen molar-refractivity contribution in [2.24, 2.45) is 5.41 Å². The molecular weight excluding hydrogens is 239 g/mol. The van der Waals surface area contributed by atoms with Crippen molar-refractivity contribution in [2.45, 2.75) is 20.3 Å². The van der Waals surface area contributed by atoms with E-state index in [1.807, 2.05) is 6.07 Å². The summed E-state index contributed by atoms with van der Waals surface area (Å²) in [5, 5.41) is 9.91. The number of aliphatic carboxylic acids is 1. The molecule has 90 valence electrons. The van der Waals surface area contributed by atoms with Gasteiger partial charge < -0.3 is 5.11 Å². The van der Waals surface area contributed by atoms with Crippen molar-refractivity contribution in [3.8, 4) is 0 Å². The summed E-state index contributed by atoms with van der Waals surface area (Å²) < 4.78 is 14.0. The molecule has 1 aromatic heterocycles. The fraction of sp³-hybridized carbons (Fsp3) is 0.308. The third kappa shape index (κ3) is 2.47. The number of carboxylic acid groups (broad SMARTS) is 1. The third-order valence-corrected chi connectivity index (χ3v) is 3.84. The lowest BCUT2D eigenvalue weighted by Crippen LogP contribution is -2.25. The molecule has 0 aliphatic heterocycles. The maximum Gasteiger partial charge on any atom is 0.309 e. The van der Waals surface area contributed by atoms with Crippen LogP contribution in [0, 0.1) is 11.2 Å². The van der Waals surface area contributed by atoms with Crippen LogP contribution < -0.4 is 0 Å². The Morgan fingerprint density at radius 1 is 1.41 bits per heavy atom. The lowest BCUT2D eigenvalue weighted by Gasteiger charge is -2.17. The molecule has 0 radical (unpaired) electrons. The summed E-state index contributed by atoms with van der Waals surface area (Å²) in [5.74, 6) is -1.08. The minimum Gasteiger partial charge on any atom is -0.481 e. The first-order valence-electron chi connectivity index (χ1n) is 5.30. The van der Waals surface area contributed by atoms with Gasteiger partial charge in [0.15, 0.2) is 0 Å². The van der Waals surface area contributed by atoms with Crippen LogP contribution in [0.2, 0.25) is 0 Å². The number of hydrogen-bond donors (Lipinski definition) is 1. The standard InChI is InChI=1S/C13H13FO2S/c1-13(2,12(15)16)7-10-6-8-5-9(14)3-4-11(8)17-10/h3-6H,7H2,1-2H3,(H,15,16). The van der Waals surface area contributed by atoms with Crippen molar-refractivity contribution in [3.05, 3.63) is 35.0 Å². The van der Waals surface area contributed by atoms with Gasteiger partial charge in [-0.1, -0.05) is 0 Å². The lowest BCUT2D eigenvalue weighted by molar-refractivity contribution is -0.146. The number of rotatable bonds is 3. The highest BCUT2D eigenvalue weighted by Gasteiger charge is 2.28. The molecule has 2 rings (SSSR count). The van der Waals surface area contributed by atoms with Gasteiger partial charge in [-0.3, -0.25) is 4.79 Å². The number of fused-ring (bicyclic) bond motifs is 1. The van der Waals surface area contributed by atoms with Gasteiger partial charge in [-0.2, -0.15) is 0 Å². The molecule has 1 heterocycles. The van der Waals surface area contributed by atoms with Gasteiger partial charge >= 0.3 is 5.97 Å². The van der Waals surface area contributed by atoms with Crippen molar-refractivity contribution < 1.29 is 14.3 Å². The van der Waals surface area contributed by atoms with E-state index < -0.39 is 11.4 Å². The normalized spacial score (nSPS) is 11.9. The summed E-state index contributed by atoms with van der Waals surface area (Å²) in [6.07, 6.45) is 0.462. The summed E-state index contributed by atoms with van der Waals surface area (Å²) in [7, 11) is 0. The molecule has 17 heavy (non-hydrogen) atoms. The minimum atomic E-state index is -0.818. The fourth-order valence-corrected chi connectivity index (χ4v) is 2.94. The van der Waals surface area contributed by atoms with Crippen molar-refractivity contribution in [1.82, 2.24) is 0 Å². The van der Waals surface area contributed by atoms with Crippen LogP contribution in [0.15, 0.2) is 24.3 Å². The molecule has 0 fully saturated rings. The quantitative estimate of drug-likeness (QED) is 0.904. The number of benzene rings is 1. The van der Waals surface area contributed by atoms with Crippen LogP contribution in [0.3, 0.4) is 0 Å². The van der Waals surface area contributed by atoms with E-state index in [4.69, 9.17) is 5.11 Å². The molecule has 0 unspecified atom stereocenters. The Morgan fingerprint density at radius 3 is 2.76 bits per heavy atom. The van der Waals surface area contributed by atoms with E-state index in [-0.39, 0.29) is 5.82 Å². The van der Waals surface area contributed by atoms with E-state index in [9.17, 15) is 9.18 Å². The highest BCUT2D eigenvalue weighted by atomic mass is 32.1. The number of halogens is 1. The summed E-state index contributed by atoms with van der Waals surface area (Å²) >= 11 is 1.52. The first-order chi connectivity index (χ1) is 7.88. The van der Waals surface area contributed by atoms with Crippen LogP contribution in [0.25, 0.3) is 10.1 Å². The Hall–Kier alpha value is -1.42. The van der Waals surface area contributed by atoms with Crippen LogP contribution in [0.5, 0.6) is 0 Å². The molecule has 0 aliphatic carbocycles. The molecule has 0 bridgehead atoms. The first kappa shape index (κ1) is 12.0. The Balaban J connectivity index is 2.34. The third-order valence-electron chi connectivity index (χ3n) is 2.72. The van der Waals surface area contributed by atoms with Crippen molar-refractivity contribution in [3.63, 3.8) is 0 Å². The summed E-state index contributed by atoms with van der Waals surface area (Å²) in [6.45, 7) is 3.39. The zero-order chi connectivity index (χ0) is 12.6. The average Bonchev–Trinajstić information content (AvgIpc) is 2.57. The summed E-state index contributed by atoms with van der Waals surface area (Å²) in [6, 6.07) is 6.49. The molecule has 0 saturated heterocycles. The fourth-order valence-electron chi connectivity index (χ4n) is 1.67. The Bertz CT molecular complexity index is 572. The molecule has 0 atom stereocenters. The van der Waals surface area contributed by atoms with Gasteiger partial charge in [-0.25, -0.2) is 4.39 Å². The maximum absolute atomic E-state index is 13.0. The van der Waals surface area contributed by atoms with Gasteiger partial charge in [0, 0.05) is 9.58 Å². The first-order valence-corrected chi connectivity index (χ1v) is 6.11. The zero-order valence-electron chi connectivity index (χ0n) is 9.66. The van der Waals surface area contributed by atoms with Crippen molar-refractivity contribution >= 4 is 27.4 Å². The van der Waals surface area contributed by atoms with E-state index in [1.165, 1.54) is 23.5 Å². The zero-order valence-corrected chi connectivity index (χ0v) is 10.5. The van der Waals surface area contributed by atoms with Gasteiger partial charge in [0.05, 0.1) is 5.41 Å². The number of thiophene rings is 1. The van der Waals surface area contributed by atoms with Gasteiger partial charge in [-0.15, -0.1) is 11.3 Å². The lowest BCUT2D eigenvalue weighted by atomic mass is 9.89. The second-order valence-corrected chi connectivity index (χ2v) is 5.93. The molecule has 0 saturated carbocycles. The van der Waals surface area contributed by atoms with Crippen molar-refractivity contribution in [2.75, 3.05) is 0 Å². The smallest absolute Gasteiger partial charge is 0.309 e. The Kier molecular flexibility index (Phi) is 2.91. The largest absolute Gasteiger partial charge is 0.481 e. The Morgan fingerprint density at radius 2 is 2.12 bits per heavy atom. The average molecular weight is 252 g/mol. The number of carboxylic acids is 1. The molecule has 1 aromatic carbocycles. The van der Waals surface area contributed by atoms with E-state index in [1.54, 1.807) is 19.9 Å². The van der Waals surface area contributed by atoms with E-state index in [2.05, 4.69) is 0 Å². The second-order valence-electron chi connectivity index (χ2n) is 4.76. The van der Waals surface area contributed by atoms with Gasteiger partial charge in [0.1, 0.15) is 5.82 Å². The Labute approximate surface area is 103 Å². The molecule has 0 aliphatic rings. The second kappa shape index (κ2) is 4.11. The van der Waals surface area contributed by atoms with Gasteiger partial charge in [-0.05, 0) is 49.9 Å². The maximum atomic E-state index is 13.0. The van der Waals surface area contributed by atoms with Gasteiger partial charge in [0.25, 0.3) is 0 Å². The molecular formula is C13H13FO2S. The van der Waals surface area contributed by atoms with E-state index in [0.717, 1.165) is 15.0 Å². The highest BCUT2D eigenvalue weighted by molar-refractivity contribution is 7.19. The molecule has 4 heteroatoms. The molecule has 2 aromatic rings. The molecule has 1 N–H and O–H groups in total. The predicted octanol–water partition coefficient (Wildman–Crippen LogP) is 3.69. The topological polar surface area (TPSA) is 37.3 Å². The number of carbonyl (C=O) groups is 1. The van der Waals surface area contributed by atoms with Crippen LogP contribution >= 0.6 is 11.3 Å². The molecule has 0 spiro atoms. The van der Waals surface area contributed by atoms with Crippen molar-refractivity contribution in [1.29, 1.82) is 0 Å². The summed E-state index contributed by atoms with van der Waals surface area (Å²) in [4.78, 5) is 12.0. The van der Waals surface area contributed by atoms with Crippen LogP contribution in [0.1, 0.15) is 18.7 Å². The molecule has 0 amide bonds.